The molecule has 0 spiro atoms. The second kappa shape index (κ2) is 4.56. The number of benzene rings is 1. The lowest BCUT2D eigenvalue weighted by molar-refractivity contribution is -0.125. The van der Waals surface area contributed by atoms with Crippen LogP contribution in [0.25, 0.3) is 0 Å². The topological polar surface area (TPSA) is 32.3 Å². The number of halogens is 1. The Hall–Kier alpha value is -1.06. The van der Waals surface area contributed by atoms with Crippen LogP contribution in [0.2, 0.25) is 5.02 Å². The van der Waals surface area contributed by atoms with Crippen LogP contribution in [0.15, 0.2) is 18.2 Å². The van der Waals surface area contributed by atoms with E-state index in [1.165, 1.54) is 0 Å². The Morgan fingerprint density at radius 2 is 2.11 bits per heavy atom. The zero-order valence-electron chi connectivity index (χ0n) is 11.2. The maximum absolute atomic E-state index is 12.5. The normalized spacial score (nSPS) is 23.3. The lowest BCUT2D eigenvalue weighted by Gasteiger charge is -2.43. The van der Waals surface area contributed by atoms with Crippen molar-refractivity contribution < 1.29 is 4.79 Å². The summed E-state index contributed by atoms with van der Waals surface area (Å²) in [5, 5.41) is 3.93. The fourth-order valence-corrected chi connectivity index (χ4v) is 2.43. The van der Waals surface area contributed by atoms with Crippen LogP contribution < -0.4 is 10.2 Å². The molecule has 0 saturated carbocycles. The highest BCUT2D eigenvalue weighted by Gasteiger charge is 2.39. The molecule has 1 heterocycles. The van der Waals surface area contributed by atoms with E-state index in [0.29, 0.717) is 5.02 Å². The predicted octanol–water partition coefficient (Wildman–Crippen LogP) is 2.75. The fourth-order valence-electron chi connectivity index (χ4n) is 2.26. The largest absolute Gasteiger partial charge is 0.306 e. The van der Waals surface area contributed by atoms with E-state index in [2.05, 4.69) is 5.32 Å². The number of anilines is 1. The number of hydrogen-bond donors (Lipinski definition) is 1. The summed E-state index contributed by atoms with van der Waals surface area (Å²) < 4.78 is 0. The Balaban J connectivity index is 2.47. The summed E-state index contributed by atoms with van der Waals surface area (Å²) in [4.78, 5) is 14.4. The SMILES string of the molecule is Cc1ccc(Cl)cc1N1C(=O)C(C)(C)NCC1C. The summed E-state index contributed by atoms with van der Waals surface area (Å²) >= 11 is 6.05. The van der Waals surface area contributed by atoms with Gasteiger partial charge in [-0.2, -0.15) is 0 Å². The van der Waals surface area contributed by atoms with E-state index in [9.17, 15) is 4.79 Å². The molecule has 1 saturated heterocycles. The summed E-state index contributed by atoms with van der Waals surface area (Å²) in [5.41, 5.74) is 1.45. The van der Waals surface area contributed by atoms with Gasteiger partial charge < -0.3 is 10.2 Å². The van der Waals surface area contributed by atoms with Gasteiger partial charge in [-0.15, -0.1) is 0 Å². The molecule has 1 N–H and O–H groups in total. The Morgan fingerprint density at radius 1 is 1.44 bits per heavy atom. The van der Waals surface area contributed by atoms with Gasteiger partial charge in [0.1, 0.15) is 0 Å². The number of hydrogen-bond acceptors (Lipinski definition) is 2. The average molecular weight is 267 g/mol. The number of nitrogens with one attached hydrogen (secondary N) is 1. The van der Waals surface area contributed by atoms with Crippen molar-refractivity contribution in [3.8, 4) is 0 Å². The first-order chi connectivity index (χ1) is 8.33. The van der Waals surface area contributed by atoms with Crippen molar-refractivity contribution in [3.63, 3.8) is 0 Å². The van der Waals surface area contributed by atoms with Gasteiger partial charge in [-0.3, -0.25) is 4.79 Å². The van der Waals surface area contributed by atoms with Crippen LogP contribution in [0.4, 0.5) is 5.69 Å². The van der Waals surface area contributed by atoms with Crippen LogP contribution >= 0.6 is 11.6 Å². The quantitative estimate of drug-likeness (QED) is 0.848. The lowest BCUT2D eigenvalue weighted by Crippen LogP contribution is -2.65. The van der Waals surface area contributed by atoms with E-state index >= 15 is 0 Å². The highest BCUT2D eigenvalue weighted by Crippen LogP contribution is 2.29. The molecule has 0 aliphatic carbocycles. The standard InChI is InChI=1S/C14H19ClN2O/c1-9-5-6-11(15)7-12(9)17-10(2)8-16-14(3,4)13(17)18/h5-7,10,16H,8H2,1-4H3. The molecule has 1 fully saturated rings. The Bertz CT molecular complexity index is 485. The third kappa shape index (κ3) is 2.25. The summed E-state index contributed by atoms with van der Waals surface area (Å²) in [5.74, 6) is 0.0895. The summed E-state index contributed by atoms with van der Waals surface area (Å²) in [6.45, 7) is 8.65. The van der Waals surface area contributed by atoms with Gasteiger partial charge in [0, 0.05) is 23.3 Å². The molecule has 2 rings (SSSR count). The van der Waals surface area contributed by atoms with Crippen molar-refractivity contribution in [3.05, 3.63) is 28.8 Å². The number of piperazine rings is 1. The molecule has 1 amide bonds. The summed E-state index contributed by atoms with van der Waals surface area (Å²) in [6, 6.07) is 5.80. The fraction of sp³-hybridized carbons (Fsp3) is 0.500. The van der Waals surface area contributed by atoms with Gasteiger partial charge in [0.05, 0.1) is 5.54 Å². The number of rotatable bonds is 1. The molecule has 1 aromatic carbocycles. The van der Waals surface area contributed by atoms with E-state index in [-0.39, 0.29) is 11.9 Å². The maximum Gasteiger partial charge on any atom is 0.247 e. The zero-order valence-corrected chi connectivity index (χ0v) is 12.0. The van der Waals surface area contributed by atoms with Crippen LogP contribution in [-0.2, 0) is 4.79 Å². The Kier molecular flexibility index (Phi) is 3.39. The van der Waals surface area contributed by atoms with Crippen LogP contribution in [0.1, 0.15) is 26.3 Å². The minimum absolute atomic E-state index is 0.0895. The monoisotopic (exact) mass is 266 g/mol. The molecule has 1 aliphatic heterocycles. The van der Waals surface area contributed by atoms with E-state index < -0.39 is 5.54 Å². The molecule has 0 bridgehead atoms. The zero-order chi connectivity index (χ0) is 13.5. The van der Waals surface area contributed by atoms with Crippen molar-refractivity contribution in [2.75, 3.05) is 11.4 Å². The average Bonchev–Trinajstić information content (AvgIpc) is 2.30. The molecule has 0 radical (unpaired) electrons. The first kappa shape index (κ1) is 13.4. The van der Waals surface area contributed by atoms with Crippen molar-refractivity contribution in [2.45, 2.75) is 39.3 Å². The number of amides is 1. The number of carbonyl (C=O) groups is 1. The second-order valence-corrected chi connectivity index (χ2v) is 5.90. The van der Waals surface area contributed by atoms with Crippen LogP contribution in [0.3, 0.4) is 0 Å². The van der Waals surface area contributed by atoms with Crippen LogP contribution in [0.5, 0.6) is 0 Å². The number of aryl methyl sites for hydroxylation is 1. The minimum Gasteiger partial charge on any atom is -0.306 e. The first-order valence-electron chi connectivity index (χ1n) is 6.18. The molecule has 1 aromatic rings. The van der Waals surface area contributed by atoms with E-state index in [1.807, 2.05) is 50.8 Å². The predicted molar refractivity (Wildman–Crippen MR) is 75.2 cm³/mol. The highest BCUT2D eigenvalue weighted by molar-refractivity contribution is 6.31. The Labute approximate surface area is 113 Å². The number of nitrogens with zero attached hydrogens (tertiary/aromatic N) is 1. The maximum atomic E-state index is 12.5. The third-order valence-electron chi connectivity index (χ3n) is 3.46. The molecular formula is C14H19ClN2O. The van der Waals surface area contributed by atoms with Gasteiger partial charge >= 0.3 is 0 Å². The number of carbonyl (C=O) groups excluding carboxylic acids is 1. The molecule has 0 aromatic heterocycles. The van der Waals surface area contributed by atoms with Gasteiger partial charge in [-0.25, -0.2) is 0 Å². The van der Waals surface area contributed by atoms with Gasteiger partial charge in [0.25, 0.3) is 0 Å². The molecule has 1 unspecified atom stereocenters. The Morgan fingerprint density at radius 3 is 2.78 bits per heavy atom. The molecule has 18 heavy (non-hydrogen) atoms. The van der Waals surface area contributed by atoms with E-state index in [4.69, 9.17) is 11.6 Å². The molecule has 1 aliphatic rings. The molecule has 4 heteroatoms. The van der Waals surface area contributed by atoms with Crippen molar-refractivity contribution >= 4 is 23.2 Å². The van der Waals surface area contributed by atoms with Gasteiger partial charge in [-0.05, 0) is 45.4 Å². The first-order valence-corrected chi connectivity index (χ1v) is 6.55. The van der Waals surface area contributed by atoms with Crippen LogP contribution in [0, 0.1) is 6.92 Å². The lowest BCUT2D eigenvalue weighted by atomic mass is 9.96. The van der Waals surface area contributed by atoms with Gasteiger partial charge in [0.15, 0.2) is 0 Å². The molecule has 3 nitrogen and oxygen atoms in total. The summed E-state index contributed by atoms with van der Waals surface area (Å²) in [6.07, 6.45) is 0. The van der Waals surface area contributed by atoms with Crippen molar-refractivity contribution in [2.24, 2.45) is 0 Å². The molecule has 98 valence electrons. The second-order valence-electron chi connectivity index (χ2n) is 5.46. The van der Waals surface area contributed by atoms with Crippen molar-refractivity contribution in [1.29, 1.82) is 0 Å². The van der Waals surface area contributed by atoms with Crippen molar-refractivity contribution in [1.82, 2.24) is 5.32 Å². The highest BCUT2D eigenvalue weighted by atomic mass is 35.5. The van der Waals surface area contributed by atoms with Crippen LogP contribution in [-0.4, -0.2) is 24.0 Å². The van der Waals surface area contributed by atoms with E-state index in [1.54, 1.807) is 0 Å². The van der Waals surface area contributed by atoms with Gasteiger partial charge in [0.2, 0.25) is 5.91 Å². The third-order valence-corrected chi connectivity index (χ3v) is 3.70. The van der Waals surface area contributed by atoms with E-state index in [0.717, 1.165) is 17.8 Å². The smallest absolute Gasteiger partial charge is 0.247 e. The molecular weight excluding hydrogens is 248 g/mol. The minimum atomic E-state index is -0.527. The molecule has 1 atom stereocenters. The summed E-state index contributed by atoms with van der Waals surface area (Å²) in [7, 11) is 0. The van der Waals surface area contributed by atoms with Gasteiger partial charge in [-0.1, -0.05) is 17.7 Å².